The van der Waals surface area contributed by atoms with Crippen LogP contribution in [0.1, 0.15) is 36.9 Å². The Morgan fingerprint density at radius 3 is 2.45 bits per heavy atom. The molecule has 0 heterocycles. The van der Waals surface area contributed by atoms with Crippen LogP contribution in [-0.2, 0) is 20.7 Å². The Kier molecular flexibility index (Phi) is 11.5. The van der Waals surface area contributed by atoms with E-state index in [1.165, 1.54) is 13.0 Å². The Hall–Kier alpha value is -3.44. The second-order valence-corrected chi connectivity index (χ2v) is 10.3. The SMILES string of the molecule is COCCNC(=O)C(CCSC)Nc1ccc2c(cc1=O)C(NC(C)=O)CCc1cc(OC)c(OC)c(OC)c1-2. The summed E-state index contributed by atoms with van der Waals surface area (Å²) < 4.78 is 22.1. The number of carbonyl (C=O) groups is 2. The molecule has 2 amide bonds. The Morgan fingerprint density at radius 2 is 1.82 bits per heavy atom. The number of nitrogens with one attached hydrogen (secondary N) is 3. The molecule has 1 aliphatic carbocycles. The average Bonchev–Trinajstić information content (AvgIpc) is 3.18. The predicted octanol–water partition coefficient (Wildman–Crippen LogP) is 3.16. The summed E-state index contributed by atoms with van der Waals surface area (Å²) >= 11 is 1.62. The maximum atomic E-state index is 13.6. The van der Waals surface area contributed by atoms with Crippen molar-refractivity contribution < 1.29 is 28.5 Å². The number of thioether (sulfide) groups is 1. The maximum Gasteiger partial charge on any atom is 0.242 e. The van der Waals surface area contributed by atoms with Gasteiger partial charge >= 0.3 is 0 Å². The molecule has 1 aliphatic rings. The van der Waals surface area contributed by atoms with Gasteiger partial charge in [0.05, 0.1) is 39.7 Å². The van der Waals surface area contributed by atoms with Crippen molar-refractivity contribution in [3.8, 4) is 28.4 Å². The molecule has 11 heteroatoms. The fraction of sp³-hybridized carbons (Fsp3) is 0.483. The first-order chi connectivity index (χ1) is 19.3. The molecule has 10 nitrogen and oxygen atoms in total. The van der Waals surface area contributed by atoms with Crippen molar-refractivity contribution in [2.75, 3.05) is 58.9 Å². The molecule has 0 spiro atoms. The fourth-order valence-corrected chi connectivity index (χ4v) is 5.39. The van der Waals surface area contributed by atoms with Crippen molar-refractivity contribution in [2.24, 2.45) is 0 Å². The van der Waals surface area contributed by atoms with Gasteiger partial charge in [-0.05, 0) is 66.2 Å². The normalized spacial score (nSPS) is 14.6. The molecule has 0 aromatic heterocycles. The van der Waals surface area contributed by atoms with E-state index in [-0.39, 0.29) is 22.9 Å². The number of amides is 2. The summed E-state index contributed by atoms with van der Waals surface area (Å²) in [5.74, 6) is 1.76. The number of rotatable bonds is 13. The van der Waals surface area contributed by atoms with Gasteiger partial charge in [-0.2, -0.15) is 11.8 Å². The third-order valence-corrected chi connectivity index (χ3v) is 7.42. The summed E-state index contributed by atoms with van der Waals surface area (Å²) in [5.41, 5.74) is 3.07. The van der Waals surface area contributed by atoms with Crippen LogP contribution in [0.25, 0.3) is 11.1 Å². The van der Waals surface area contributed by atoms with Crippen LogP contribution in [0.3, 0.4) is 0 Å². The van der Waals surface area contributed by atoms with Crippen molar-refractivity contribution in [3.05, 3.63) is 45.6 Å². The van der Waals surface area contributed by atoms with Crippen molar-refractivity contribution in [1.29, 1.82) is 0 Å². The number of hydrogen-bond donors (Lipinski definition) is 3. The highest BCUT2D eigenvalue weighted by Crippen LogP contribution is 2.50. The Balaban J connectivity index is 2.19. The van der Waals surface area contributed by atoms with E-state index in [4.69, 9.17) is 18.9 Å². The van der Waals surface area contributed by atoms with Crippen LogP contribution in [0.4, 0.5) is 5.69 Å². The van der Waals surface area contributed by atoms with Crippen molar-refractivity contribution in [3.63, 3.8) is 0 Å². The highest BCUT2D eigenvalue weighted by atomic mass is 32.2. The first kappa shape index (κ1) is 31.1. The second kappa shape index (κ2) is 14.8. The molecule has 2 atom stereocenters. The van der Waals surface area contributed by atoms with Crippen LogP contribution >= 0.6 is 11.8 Å². The Morgan fingerprint density at radius 1 is 1.07 bits per heavy atom. The predicted molar refractivity (Wildman–Crippen MR) is 158 cm³/mol. The number of fused-ring (bicyclic) bond motifs is 3. The van der Waals surface area contributed by atoms with Gasteiger partial charge in [0.1, 0.15) is 6.04 Å². The van der Waals surface area contributed by atoms with E-state index in [0.29, 0.717) is 55.2 Å². The van der Waals surface area contributed by atoms with Gasteiger partial charge in [-0.3, -0.25) is 14.4 Å². The zero-order valence-corrected chi connectivity index (χ0v) is 24.8. The summed E-state index contributed by atoms with van der Waals surface area (Å²) in [6, 6.07) is 5.93. The topological polar surface area (TPSA) is 124 Å². The molecule has 0 saturated carbocycles. The lowest BCUT2D eigenvalue weighted by atomic mass is 9.95. The van der Waals surface area contributed by atoms with E-state index in [9.17, 15) is 14.4 Å². The van der Waals surface area contributed by atoms with Gasteiger partial charge in [0, 0.05) is 26.1 Å². The van der Waals surface area contributed by atoms with Crippen LogP contribution in [-0.4, -0.2) is 71.5 Å². The molecule has 0 bridgehead atoms. The van der Waals surface area contributed by atoms with Crippen molar-refractivity contribution in [2.45, 2.75) is 38.3 Å². The Bertz CT molecular complexity index is 1270. The number of carbonyl (C=O) groups excluding carboxylic acids is 2. The van der Waals surface area contributed by atoms with Crippen LogP contribution in [0.5, 0.6) is 17.2 Å². The molecule has 2 aromatic carbocycles. The molecular weight excluding hydrogens is 534 g/mol. The van der Waals surface area contributed by atoms with Crippen LogP contribution in [0, 0.1) is 0 Å². The van der Waals surface area contributed by atoms with Gasteiger partial charge in [0.15, 0.2) is 11.5 Å². The zero-order chi connectivity index (χ0) is 29.2. The second-order valence-electron chi connectivity index (χ2n) is 9.36. The number of benzene rings is 1. The lowest BCUT2D eigenvalue weighted by molar-refractivity contribution is -0.122. The summed E-state index contributed by atoms with van der Waals surface area (Å²) in [7, 11) is 6.23. The molecule has 0 fully saturated rings. The number of hydrogen-bond acceptors (Lipinski definition) is 9. The average molecular weight is 574 g/mol. The largest absolute Gasteiger partial charge is 0.493 e. The molecule has 3 rings (SSSR count). The zero-order valence-electron chi connectivity index (χ0n) is 24.0. The van der Waals surface area contributed by atoms with E-state index in [1.54, 1.807) is 46.3 Å². The minimum absolute atomic E-state index is 0.203. The number of ether oxygens (including phenoxy) is 4. The highest BCUT2D eigenvalue weighted by molar-refractivity contribution is 7.98. The lowest BCUT2D eigenvalue weighted by Gasteiger charge is -2.19. The smallest absolute Gasteiger partial charge is 0.242 e. The quantitative estimate of drug-likeness (QED) is 0.310. The summed E-state index contributed by atoms with van der Waals surface area (Å²) in [6.07, 6.45) is 3.66. The molecule has 3 N–H and O–H groups in total. The van der Waals surface area contributed by atoms with Gasteiger partial charge in [0.25, 0.3) is 0 Å². The molecule has 0 saturated heterocycles. The molecule has 218 valence electrons. The highest BCUT2D eigenvalue weighted by Gasteiger charge is 2.29. The van der Waals surface area contributed by atoms with E-state index >= 15 is 0 Å². The van der Waals surface area contributed by atoms with Gasteiger partial charge < -0.3 is 34.9 Å². The molecule has 0 aliphatic heterocycles. The van der Waals surface area contributed by atoms with Gasteiger partial charge in [-0.1, -0.05) is 6.07 Å². The lowest BCUT2D eigenvalue weighted by Crippen LogP contribution is -2.42. The first-order valence-electron chi connectivity index (χ1n) is 13.1. The van der Waals surface area contributed by atoms with E-state index < -0.39 is 12.1 Å². The summed E-state index contributed by atoms with van der Waals surface area (Å²) in [4.78, 5) is 38.7. The van der Waals surface area contributed by atoms with Crippen molar-refractivity contribution in [1.82, 2.24) is 10.6 Å². The van der Waals surface area contributed by atoms with Crippen LogP contribution < -0.4 is 35.6 Å². The third-order valence-electron chi connectivity index (χ3n) is 6.78. The van der Waals surface area contributed by atoms with Crippen LogP contribution in [0.2, 0.25) is 0 Å². The molecule has 2 unspecified atom stereocenters. The Labute approximate surface area is 239 Å². The van der Waals surface area contributed by atoms with E-state index in [0.717, 1.165) is 22.4 Å². The number of anilines is 1. The molecule has 0 radical (unpaired) electrons. The van der Waals surface area contributed by atoms with Gasteiger partial charge in [0.2, 0.25) is 23.0 Å². The molecule has 2 aromatic rings. The van der Waals surface area contributed by atoms with Crippen LogP contribution in [0.15, 0.2) is 29.1 Å². The van der Waals surface area contributed by atoms with E-state index in [1.807, 2.05) is 18.4 Å². The number of methoxy groups -OCH3 is 4. The molecular formula is C29H39N3O7S. The number of aryl methyl sites for hydroxylation is 1. The van der Waals surface area contributed by atoms with Gasteiger partial charge in [-0.25, -0.2) is 0 Å². The first-order valence-corrected chi connectivity index (χ1v) is 14.5. The summed E-state index contributed by atoms with van der Waals surface area (Å²) in [6.45, 7) is 2.21. The minimum atomic E-state index is -0.614. The maximum absolute atomic E-state index is 13.6. The monoisotopic (exact) mass is 573 g/mol. The van der Waals surface area contributed by atoms with Crippen molar-refractivity contribution >= 4 is 29.3 Å². The van der Waals surface area contributed by atoms with E-state index in [2.05, 4.69) is 16.0 Å². The summed E-state index contributed by atoms with van der Waals surface area (Å²) in [5, 5.41) is 9.03. The fourth-order valence-electron chi connectivity index (χ4n) is 4.92. The molecule has 40 heavy (non-hydrogen) atoms. The van der Waals surface area contributed by atoms with Gasteiger partial charge in [-0.15, -0.1) is 0 Å². The minimum Gasteiger partial charge on any atom is -0.493 e. The standard InChI is InChI=1S/C29H39N3O7S/c1-17(33)31-21-9-7-18-15-25(37-3)27(38-4)28(39-5)26(18)19-8-10-22(24(34)16-20(19)21)32-23(11-14-40-6)29(35)30-12-13-36-2/h8,10,15-16,21,23H,7,9,11-14H2,1-6H3,(H,30,35)(H,31,33)(H,32,34). The third kappa shape index (κ3) is 7.19.